The third-order valence-corrected chi connectivity index (χ3v) is 2.48. The van der Waals surface area contributed by atoms with Crippen LogP contribution in [0.3, 0.4) is 0 Å². The van der Waals surface area contributed by atoms with Crippen molar-refractivity contribution in [3.8, 4) is 16.9 Å². The van der Waals surface area contributed by atoms with Crippen LogP contribution in [0.1, 0.15) is 0 Å². The average molecular weight is 249 g/mol. The second-order valence-corrected chi connectivity index (χ2v) is 3.79. The molecule has 0 aliphatic carbocycles. The summed E-state index contributed by atoms with van der Waals surface area (Å²) in [7, 11) is 0. The van der Waals surface area contributed by atoms with Gasteiger partial charge >= 0.3 is 0 Å². The molecule has 18 heavy (non-hydrogen) atoms. The van der Waals surface area contributed by atoms with Gasteiger partial charge in [0.05, 0.1) is 0 Å². The van der Waals surface area contributed by atoms with Gasteiger partial charge in [-0.15, -0.1) is 0 Å². The van der Waals surface area contributed by atoms with Gasteiger partial charge in [0.25, 0.3) is 0 Å². The van der Waals surface area contributed by atoms with E-state index in [-0.39, 0.29) is 18.2 Å². The van der Waals surface area contributed by atoms with Gasteiger partial charge in [-0.05, 0) is 35.4 Å². The fraction of sp³-hybridized carbons (Fsp3) is 0.143. The van der Waals surface area contributed by atoms with Crippen molar-refractivity contribution in [2.45, 2.75) is 0 Å². The maximum Gasteiger partial charge on any atom is 0.165 e. The predicted molar refractivity (Wildman–Crippen MR) is 66.3 cm³/mol. The highest BCUT2D eigenvalue weighted by molar-refractivity contribution is 5.64. The molecular weight excluding hydrogens is 236 g/mol. The highest BCUT2D eigenvalue weighted by atomic mass is 19.1. The Morgan fingerprint density at radius 3 is 2.22 bits per heavy atom. The number of ether oxygens (including phenoxy) is 1. The van der Waals surface area contributed by atoms with Crippen LogP contribution in [0.15, 0.2) is 42.5 Å². The summed E-state index contributed by atoms with van der Waals surface area (Å²) in [5, 5.41) is 0. The largest absolute Gasteiger partial charge is 0.489 e. The van der Waals surface area contributed by atoms with E-state index < -0.39 is 5.82 Å². The number of hydrogen-bond donors (Lipinski definition) is 1. The fourth-order valence-electron chi connectivity index (χ4n) is 1.61. The first-order valence-corrected chi connectivity index (χ1v) is 5.59. The Bertz CT molecular complexity index is 526. The van der Waals surface area contributed by atoms with Gasteiger partial charge in [-0.25, -0.2) is 8.78 Å². The van der Waals surface area contributed by atoms with Crippen LogP contribution in [0.4, 0.5) is 8.78 Å². The molecule has 2 aromatic rings. The number of halogens is 2. The topological polar surface area (TPSA) is 35.2 Å². The molecule has 2 nitrogen and oxygen atoms in total. The Hall–Kier alpha value is -1.94. The molecule has 0 aliphatic rings. The van der Waals surface area contributed by atoms with Crippen molar-refractivity contribution < 1.29 is 13.5 Å². The Labute approximate surface area is 104 Å². The monoisotopic (exact) mass is 249 g/mol. The lowest BCUT2D eigenvalue weighted by Crippen LogP contribution is -2.11. The summed E-state index contributed by atoms with van der Waals surface area (Å²) in [6, 6.07) is 10.5. The molecule has 0 saturated carbocycles. The molecule has 0 radical (unpaired) electrons. The summed E-state index contributed by atoms with van der Waals surface area (Å²) in [6.45, 7) is 0.603. The molecule has 94 valence electrons. The molecule has 0 spiro atoms. The minimum atomic E-state index is -0.453. The van der Waals surface area contributed by atoms with Gasteiger partial charge in [0.15, 0.2) is 11.6 Å². The predicted octanol–water partition coefficient (Wildman–Crippen LogP) is 2.97. The zero-order valence-corrected chi connectivity index (χ0v) is 9.70. The smallest absolute Gasteiger partial charge is 0.165 e. The van der Waals surface area contributed by atoms with E-state index in [0.717, 1.165) is 5.56 Å². The molecule has 0 bridgehead atoms. The van der Waals surface area contributed by atoms with Crippen molar-refractivity contribution in [3.05, 3.63) is 54.1 Å². The van der Waals surface area contributed by atoms with E-state index in [1.165, 1.54) is 18.2 Å². The summed E-state index contributed by atoms with van der Waals surface area (Å²) in [6.07, 6.45) is 0. The van der Waals surface area contributed by atoms with Crippen LogP contribution >= 0.6 is 0 Å². The molecule has 0 unspecified atom stereocenters. The first-order chi connectivity index (χ1) is 8.70. The van der Waals surface area contributed by atoms with E-state index >= 15 is 0 Å². The molecule has 2 rings (SSSR count). The third kappa shape index (κ3) is 2.84. The zero-order valence-electron chi connectivity index (χ0n) is 9.70. The van der Waals surface area contributed by atoms with Gasteiger partial charge in [-0.3, -0.25) is 0 Å². The van der Waals surface area contributed by atoms with Crippen molar-refractivity contribution in [2.75, 3.05) is 13.2 Å². The Morgan fingerprint density at radius 2 is 1.61 bits per heavy atom. The molecule has 2 aromatic carbocycles. The lowest BCUT2D eigenvalue weighted by Gasteiger charge is -2.08. The van der Waals surface area contributed by atoms with E-state index in [1.807, 2.05) is 0 Å². The maximum absolute atomic E-state index is 13.7. The van der Waals surface area contributed by atoms with Crippen molar-refractivity contribution in [1.29, 1.82) is 0 Å². The molecule has 0 saturated heterocycles. The second kappa shape index (κ2) is 5.60. The number of nitrogens with two attached hydrogens (primary N) is 1. The first-order valence-electron chi connectivity index (χ1n) is 5.59. The molecule has 4 heteroatoms. The van der Waals surface area contributed by atoms with Crippen molar-refractivity contribution >= 4 is 0 Å². The van der Waals surface area contributed by atoms with Gasteiger partial charge in [-0.1, -0.05) is 18.2 Å². The number of hydrogen-bond acceptors (Lipinski definition) is 2. The zero-order chi connectivity index (χ0) is 13.0. The number of rotatable bonds is 4. The van der Waals surface area contributed by atoms with Crippen LogP contribution in [0.5, 0.6) is 5.75 Å². The van der Waals surface area contributed by atoms with Crippen LogP contribution in [-0.4, -0.2) is 13.2 Å². The normalized spacial score (nSPS) is 10.4. The summed E-state index contributed by atoms with van der Waals surface area (Å²) >= 11 is 0. The van der Waals surface area contributed by atoms with Crippen molar-refractivity contribution in [1.82, 2.24) is 0 Å². The molecule has 0 aromatic heterocycles. The SMILES string of the molecule is NCCOc1ccc(-c2ccc(F)cc2)cc1F. The summed E-state index contributed by atoms with van der Waals surface area (Å²) < 4.78 is 31.6. The third-order valence-electron chi connectivity index (χ3n) is 2.48. The molecule has 2 N–H and O–H groups in total. The van der Waals surface area contributed by atoms with E-state index in [2.05, 4.69) is 0 Å². The van der Waals surface area contributed by atoms with Gasteiger partial charge in [0, 0.05) is 6.54 Å². The van der Waals surface area contributed by atoms with E-state index in [0.29, 0.717) is 12.1 Å². The highest BCUT2D eigenvalue weighted by Crippen LogP contribution is 2.25. The van der Waals surface area contributed by atoms with Crippen molar-refractivity contribution in [2.24, 2.45) is 5.73 Å². The van der Waals surface area contributed by atoms with E-state index in [4.69, 9.17) is 10.5 Å². The lowest BCUT2D eigenvalue weighted by atomic mass is 10.1. The quantitative estimate of drug-likeness (QED) is 0.904. The first kappa shape index (κ1) is 12.5. The summed E-state index contributed by atoms with van der Waals surface area (Å²) in [5.74, 6) is -0.598. The molecule has 0 atom stereocenters. The van der Waals surface area contributed by atoms with E-state index in [1.54, 1.807) is 24.3 Å². The molecule has 0 fully saturated rings. The fourth-order valence-corrected chi connectivity index (χ4v) is 1.61. The molecule has 0 amide bonds. The standard InChI is InChI=1S/C14H13F2NO/c15-12-4-1-10(2-5-12)11-3-6-14(13(16)9-11)18-8-7-17/h1-6,9H,7-8,17H2. The van der Waals surface area contributed by atoms with Crippen molar-refractivity contribution in [3.63, 3.8) is 0 Å². The van der Waals surface area contributed by atoms with Crippen LogP contribution in [0.2, 0.25) is 0 Å². The van der Waals surface area contributed by atoms with Gasteiger partial charge < -0.3 is 10.5 Å². The van der Waals surface area contributed by atoms with Gasteiger partial charge in [0.2, 0.25) is 0 Å². The highest BCUT2D eigenvalue weighted by Gasteiger charge is 2.06. The Kier molecular flexibility index (Phi) is 3.89. The molecule has 0 aliphatic heterocycles. The lowest BCUT2D eigenvalue weighted by molar-refractivity contribution is 0.311. The minimum absolute atomic E-state index is 0.173. The maximum atomic E-state index is 13.7. The minimum Gasteiger partial charge on any atom is -0.489 e. The molecular formula is C14H13F2NO. The number of benzene rings is 2. The van der Waals surface area contributed by atoms with E-state index in [9.17, 15) is 8.78 Å². The Balaban J connectivity index is 2.25. The summed E-state index contributed by atoms with van der Waals surface area (Å²) in [5.41, 5.74) is 6.70. The van der Waals surface area contributed by atoms with Crippen LogP contribution in [0, 0.1) is 11.6 Å². The average Bonchev–Trinajstić information content (AvgIpc) is 2.38. The summed E-state index contributed by atoms with van der Waals surface area (Å²) in [4.78, 5) is 0. The van der Waals surface area contributed by atoms with Crippen LogP contribution < -0.4 is 10.5 Å². The van der Waals surface area contributed by atoms with Gasteiger partial charge in [0.1, 0.15) is 12.4 Å². The van der Waals surface area contributed by atoms with Gasteiger partial charge in [-0.2, -0.15) is 0 Å². The Morgan fingerprint density at radius 1 is 0.944 bits per heavy atom. The second-order valence-electron chi connectivity index (χ2n) is 3.79. The van der Waals surface area contributed by atoms with Crippen LogP contribution in [-0.2, 0) is 0 Å². The molecule has 0 heterocycles. The van der Waals surface area contributed by atoms with Crippen LogP contribution in [0.25, 0.3) is 11.1 Å².